The van der Waals surface area contributed by atoms with Crippen molar-refractivity contribution in [2.75, 3.05) is 33.3 Å². The van der Waals surface area contributed by atoms with Crippen molar-refractivity contribution in [3.8, 4) is 0 Å². The van der Waals surface area contributed by atoms with Crippen LogP contribution in [-0.4, -0.2) is 60.8 Å². The van der Waals surface area contributed by atoms with Crippen LogP contribution < -0.4 is 0 Å². The zero-order valence-electron chi connectivity index (χ0n) is 19.3. The molecule has 30 heavy (non-hydrogen) atoms. The molecule has 1 amide bonds. The summed E-state index contributed by atoms with van der Waals surface area (Å²) in [5, 5.41) is 0. The van der Waals surface area contributed by atoms with Gasteiger partial charge in [0.1, 0.15) is 5.60 Å². The Balaban J connectivity index is 1.57. The van der Waals surface area contributed by atoms with E-state index in [0.717, 1.165) is 32.5 Å². The van der Waals surface area contributed by atoms with Crippen LogP contribution in [0.2, 0.25) is 0 Å². The number of likely N-dealkylation sites (tertiary alicyclic amines) is 2. The molecule has 2 saturated heterocycles. The summed E-state index contributed by atoms with van der Waals surface area (Å²) in [5.41, 5.74) is 4.82. The third kappa shape index (κ3) is 5.34. The van der Waals surface area contributed by atoms with Crippen LogP contribution in [0.1, 0.15) is 61.8 Å². The zero-order chi connectivity index (χ0) is 22.1. The third-order valence-electron chi connectivity index (χ3n) is 6.23. The number of rotatable bonds is 4. The Hall–Kier alpha value is -2.08. The van der Waals surface area contributed by atoms with Crippen LogP contribution in [0.25, 0.3) is 0 Å². The van der Waals surface area contributed by atoms with Gasteiger partial charge < -0.3 is 14.4 Å². The molecule has 166 valence electrons. The van der Waals surface area contributed by atoms with Gasteiger partial charge in [-0.1, -0.05) is 12.1 Å². The highest BCUT2D eigenvalue weighted by Gasteiger charge is 2.35. The van der Waals surface area contributed by atoms with Crippen molar-refractivity contribution in [2.24, 2.45) is 5.92 Å². The first kappa shape index (κ1) is 22.6. The van der Waals surface area contributed by atoms with E-state index in [1.807, 2.05) is 20.8 Å². The third-order valence-corrected chi connectivity index (χ3v) is 6.23. The fraction of sp³-hybridized carbons (Fsp3) is 0.667. The minimum atomic E-state index is -0.456. The highest BCUT2D eigenvalue weighted by Crippen LogP contribution is 2.32. The predicted molar refractivity (Wildman–Crippen MR) is 116 cm³/mol. The second kappa shape index (κ2) is 8.96. The SMILES string of the molecule is COC(=O)C1CCN(Cc2c(C)cc(C3CN(C(=O)OC(C)(C)C)C3)cc2C)CC1. The first-order valence-corrected chi connectivity index (χ1v) is 11.0. The molecule has 2 aliphatic heterocycles. The molecule has 1 aromatic rings. The Morgan fingerprint density at radius 2 is 1.63 bits per heavy atom. The number of benzene rings is 1. The largest absolute Gasteiger partial charge is 0.469 e. The topological polar surface area (TPSA) is 59.1 Å². The Morgan fingerprint density at radius 1 is 1.07 bits per heavy atom. The predicted octanol–water partition coefficient (Wildman–Crippen LogP) is 4.02. The average Bonchev–Trinajstić information content (AvgIpc) is 2.62. The molecule has 0 aliphatic carbocycles. The van der Waals surface area contributed by atoms with Gasteiger partial charge in [-0.2, -0.15) is 0 Å². The molecule has 0 aromatic heterocycles. The second-order valence-corrected chi connectivity index (χ2v) is 9.79. The molecule has 0 N–H and O–H groups in total. The van der Waals surface area contributed by atoms with E-state index in [0.29, 0.717) is 19.0 Å². The summed E-state index contributed by atoms with van der Waals surface area (Å²) < 4.78 is 10.3. The van der Waals surface area contributed by atoms with Gasteiger partial charge in [0.25, 0.3) is 0 Å². The van der Waals surface area contributed by atoms with E-state index in [4.69, 9.17) is 9.47 Å². The second-order valence-electron chi connectivity index (χ2n) is 9.79. The fourth-order valence-electron chi connectivity index (χ4n) is 4.39. The molecule has 0 unspecified atom stereocenters. The number of piperidine rings is 1. The van der Waals surface area contributed by atoms with E-state index in [9.17, 15) is 9.59 Å². The van der Waals surface area contributed by atoms with Gasteiger partial charge in [0.2, 0.25) is 0 Å². The first-order chi connectivity index (χ1) is 14.1. The Labute approximate surface area is 180 Å². The summed E-state index contributed by atoms with van der Waals surface area (Å²) in [5.74, 6) is 0.342. The Kier molecular flexibility index (Phi) is 6.75. The van der Waals surface area contributed by atoms with Crippen molar-refractivity contribution in [1.29, 1.82) is 0 Å². The van der Waals surface area contributed by atoms with Crippen molar-refractivity contribution in [1.82, 2.24) is 9.80 Å². The Bertz CT molecular complexity index is 762. The molecular weight excluding hydrogens is 380 g/mol. The Morgan fingerprint density at radius 3 is 2.13 bits per heavy atom. The molecule has 0 bridgehead atoms. The maximum atomic E-state index is 12.2. The van der Waals surface area contributed by atoms with Crippen molar-refractivity contribution < 1.29 is 19.1 Å². The van der Waals surface area contributed by atoms with Crippen LogP contribution in [0.5, 0.6) is 0 Å². The number of aryl methyl sites for hydroxylation is 2. The smallest absolute Gasteiger partial charge is 0.410 e. The normalized spacial score (nSPS) is 18.8. The van der Waals surface area contributed by atoms with E-state index in [-0.39, 0.29) is 18.0 Å². The van der Waals surface area contributed by atoms with Gasteiger partial charge in [0, 0.05) is 25.6 Å². The molecule has 2 aliphatic rings. The minimum absolute atomic E-state index is 0.0438. The van der Waals surface area contributed by atoms with Crippen LogP contribution in [-0.2, 0) is 20.8 Å². The first-order valence-electron chi connectivity index (χ1n) is 11.0. The number of hydrogen-bond donors (Lipinski definition) is 0. The highest BCUT2D eigenvalue weighted by molar-refractivity contribution is 5.72. The van der Waals surface area contributed by atoms with Crippen molar-refractivity contribution in [3.63, 3.8) is 0 Å². The van der Waals surface area contributed by atoms with Crippen LogP contribution in [0.3, 0.4) is 0 Å². The van der Waals surface area contributed by atoms with Gasteiger partial charge in [0.15, 0.2) is 0 Å². The van der Waals surface area contributed by atoms with Crippen LogP contribution in [0, 0.1) is 19.8 Å². The lowest BCUT2D eigenvalue weighted by Gasteiger charge is -2.40. The lowest BCUT2D eigenvalue weighted by atomic mass is 9.87. The average molecular weight is 417 g/mol. The van der Waals surface area contributed by atoms with E-state index in [2.05, 4.69) is 30.9 Å². The van der Waals surface area contributed by atoms with Crippen LogP contribution in [0.15, 0.2) is 12.1 Å². The van der Waals surface area contributed by atoms with Crippen molar-refractivity contribution >= 4 is 12.1 Å². The van der Waals surface area contributed by atoms with Crippen LogP contribution >= 0.6 is 0 Å². The van der Waals surface area contributed by atoms with E-state index in [1.165, 1.54) is 29.4 Å². The maximum absolute atomic E-state index is 12.2. The number of carbonyl (C=O) groups excluding carboxylic acids is 2. The quantitative estimate of drug-likeness (QED) is 0.694. The molecule has 2 fully saturated rings. The number of methoxy groups -OCH3 is 1. The van der Waals surface area contributed by atoms with Gasteiger partial charge in [-0.3, -0.25) is 9.69 Å². The lowest BCUT2D eigenvalue weighted by Crippen LogP contribution is -2.50. The molecule has 6 heteroatoms. The molecule has 0 saturated carbocycles. The number of nitrogens with zero attached hydrogens (tertiary/aromatic N) is 2. The van der Waals surface area contributed by atoms with E-state index < -0.39 is 5.60 Å². The lowest BCUT2D eigenvalue weighted by molar-refractivity contribution is -0.147. The summed E-state index contributed by atoms with van der Waals surface area (Å²) in [7, 11) is 1.47. The number of ether oxygens (including phenoxy) is 2. The summed E-state index contributed by atoms with van der Waals surface area (Å²) >= 11 is 0. The molecule has 0 radical (unpaired) electrons. The molecule has 1 aromatic carbocycles. The molecule has 0 atom stereocenters. The van der Waals surface area contributed by atoms with E-state index >= 15 is 0 Å². The summed E-state index contributed by atoms with van der Waals surface area (Å²) in [6.07, 6.45) is 1.51. The fourth-order valence-corrected chi connectivity index (χ4v) is 4.39. The molecule has 3 rings (SSSR count). The summed E-state index contributed by atoms with van der Waals surface area (Å²) in [6.45, 7) is 14.2. The zero-order valence-corrected chi connectivity index (χ0v) is 19.3. The summed E-state index contributed by atoms with van der Waals surface area (Å²) in [4.78, 5) is 28.1. The standard InChI is InChI=1S/C24H36N2O4/c1-16-11-19(20-13-26(14-20)23(28)30-24(3,4)5)12-17(2)21(16)15-25-9-7-18(8-10-25)22(27)29-6/h11-12,18,20H,7-10,13-15H2,1-6H3. The van der Waals surface area contributed by atoms with Crippen molar-refractivity contribution in [2.45, 2.75) is 65.5 Å². The van der Waals surface area contributed by atoms with Gasteiger partial charge in [0.05, 0.1) is 13.0 Å². The maximum Gasteiger partial charge on any atom is 0.410 e. The molecule has 2 heterocycles. The number of esters is 1. The van der Waals surface area contributed by atoms with E-state index in [1.54, 1.807) is 4.90 Å². The van der Waals surface area contributed by atoms with Gasteiger partial charge >= 0.3 is 12.1 Å². The van der Waals surface area contributed by atoms with Gasteiger partial charge in [-0.25, -0.2) is 4.79 Å². The molecule has 6 nitrogen and oxygen atoms in total. The highest BCUT2D eigenvalue weighted by atomic mass is 16.6. The molecular formula is C24H36N2O4. The monoisotopic (exact) mass is 416 g/mol. The number of amides is 1. The van der Waals surface area contributed by atoms with Gasteiger partial charge in [-0.05, 0) is 82.8 Å². The van der Waals surface area contributed by atoms with Crippen LogP contribution in [0.4, 0.5) is 4.79 Å². The molecule has 0 spiro atoms. The number of carbonyl (C=O) groups is 2. The number of hydrogen-bond acceptors (Lipinski definition) is 5. The van der Waals surface area contributed by atoms with Gasteiger partial charge in [-0.15, -0.1) is 0 Å². The minimum Gasteiger partial charge on any atom is -0.469 e. The summed E-state index contributed by atoms with van der Waals surface area (Å²) in [6, 6.07) is 4.56. The van der Waals surface area contributed by atoms with Crippen molar-refractivity contribution in [3.05, 3.63) is 34.4 Å².